The molecule has 6 heteroatoms. The predicted molar refractivity (Wildman–Crippen MR) is 88.5 cm³/mol. The summed E-state index contributed by atoms with van der Waals surface area (Å²) in [5, 5.41) is 3.95. The molecular formula is C17H14ClFN2O2. The number of nitrogens with one attached hydrogen (secondary N) is 1. The highest BCUT2D eigenvalue weighted by molar-refractivity contribution is 6.32. The summed E-state index contributed by atoms with van der Waals surface area (Å²) in [7, 11) is 1.53. The number of benzene rings is 2. The number of hydrogen-bond acceptors (Lipinski definition) is 2. The number of fused-ring (bicyclic) bond motifs is 1. The Morgan fingerprint density at radius 1 is 1.26 bits per heavy atom. The maximum atomic E-state index is 13.2. The molecule has 0 aliphatic heterocycles. The zero-order chi connectivity index (χ0) is 16.4. The van der Waals surface area contributed by atoms with E-state index in [1.165, 1.54) is 19.2 Å². The fraction of sp³-hybridized carbons (Fsp3) is 0.118. The van der Waals surface area contributed by atoms with E-state index in [1.54, 1.807) is 41.1 Å². The maximum absolute atomic E-state index is 13.2. The first kappa shape index (κ1) is 15.4. The van der Waals surface area contributed by atoms with Crippen LogP contribution in [-0.2, 0) is 11.3 Å². The highest BCUT2D eigenvalue weighted by atomic mass is 35.5. The van der Waals surface area contributed by atoms with Crippen molar-refractivity contribution in [1.82, 2.24) is 4.57 Å². The summed E-state index contributed by atoms with van der Waals surface area (Å²) in [5.41, 5.74) is 1.39. The quantitative estimate of drug-likeness (QED) is 0.782. The molecule has 0 saturated carbocycles. The molecule has 0 bridgehead atoms. The van der Waals surface area contributed by atoms with Crippen molar-refractivity contribution in [3.05, 3.63) is 59.5 Å². The van der Waals surface area contributed by atoms with Gasteiger partial charge in [-0.15, -0.1) is 0 Å². The topological polar surface area (TPSA) is 43.3 Å². The van der Waals surface area contributed by atoms with E-state index in [9.17, 15) is 9.18 Å². The first-order chi connectivity index (χ1) is 11.1. The lowest BCUT2D eigenvalue weighted by molar-refractivity contribution is -0.116. The highest BCUT2D eigenvalue weighted by Crippen LogP contribution is 2.27. The minimum absolute atomic E-state index is 0.124. The van der Waals surface area contributed by atoms with Gasteiger partial charge in [-0.25, -0.2) is 4.39 Å². The third kappa shape index (κ3) is 3.29. The zero-order valence-electron chi connectivity index (χ0n) is 12.3. The van der Waals surface area contributed by atoms with Gasteiger partial charge in [0.2, 0.25) is 5.91 Å². The summed E-state index contributed by atoms with van der Waals surface area (Å²) in [5.74, 6) is 0.0451. The van der Waals surface area contributed by atoms with Gasteiger partial charge in [-0.05, 0) is 42.5 Å². The van der Waals surface area contributed by atoms with Gasteiger partial charge in [0.1, 0.15) is 18.1 Å². The van der Waals surface area contributed by atoms with Crippen LogP contribution in [0, 0.1) is 5.82 Å². The number of carbonyl (C=O) groups is 1. The summed E-state index contributed by atoms with van der Waals surface area (Å²) in [4.78, 5) is 12.2. The molecular weight excluding hydrogens is 319 g/mol. The minimum atomic E-state index is -0.299. The zero-order valence-corrected chi connectivity index (χ0v) is 13.1. The molecule has 118 valence electrons. The molecule has 1 heterocycles. The van der Waals surface area contributed by atoms with Crippen LogP contribution in [-0.4, -0.2) is 17.6 Å². The number of nitrogens with zero attached hydrogens (tertiary/aromatic N) is 1. The van der Waals surface area contributed by atoms with Crippen molar-refractivity contribution < 1.29 is 13.9 Å². The molecule has 0 fully saturated rings. The van der Waals surface area contributed by atoms with Crippen LogP contribution >= 0.6 is 11.6 Å². The average Bonchev–Trinajstić information content (AvgIpc) is 2.89. The monoisotopic (exact) mass is 332 g/mol. The molecule has 1 amide bonds. The van der Waals surface area contributed by atoms with Gasteiger partial charge in [0.25, 0.3) is 0 Å². The Kier molecular flexibility index (Phi) is 4.21. The van der Waals surface area contributed by atoms with Crippen LogP contribution in [0.3, 0.4) is 0 Å². The van der Waals surface area contributed by atoms with Crippen LogP contribution in [0.15, 0.2) is 48.7 Å². The number of rotatable bonds is 4. The first-order valence-corrected chi connectivity index (χ1v) is 7.32. The second-order valence-electron chi connectivity index (χ2n) is 5.04. The molecule has 3 rings (SSSR count). The van der Waals surface area contributed by atoms with Crippen molar-refractivity contribution in [2.45, 2.75) is 6.54 Å². The second kappa shape index (κ2) is 6.30. The smallest absolute Gasteiger partial charge is 0.244 e. The predicted octanol–water partition coefficient (Wildman–Crippen LogP) is 4.08. The number of ether oxygens (including phenoxy) is 1. The average molecular weight is 333 g/mol. The SMILES string of the molecule is COc1ccc(NC(=O)Cn2ccc3cc(F)ccc32)cc1Cl. The highest BCUT2D eigenvalue weighted by Gasteiger charge is 2.09. The molecule has 0 radical (unpaired) electrons. The largest absolute Gasteiger partial charge is 0.495 e. The number of methoxy groups -OCH3 is 1. The van der Waals surface area contributed by atoms with Crippen molar-refractivity contribution in [2.24, 2.45) is 0 Å². The van der Waals surface area contributed by atoms with Crippen molar-refractivity contribution >= 4 is 34.1 Å². The lowest BCUT2D eigenvalue weighted by atomic mass is 10.2. The molecule has 1 N–H and O–H groups in total. The molecule has 23 heavy (non-hydrogen) atoms. The summed E-state index contributed by atoms with van der Waals surface area (Å²) in [6.07, 6.45) is 1.75. The Hall–Kier alpha value is -2.53. The summed E-state index contributed by atoms with van der Waals surface area (Å²) < 4.78 is 20.0. The number of anilines is 1. The molecule has 0 saturated heterocycles. The molecule has 0 aliphatic rings. The van der Waals surface area contributed by atoms with Crippen molar-refractivity contribution in [2.75, 3.05) is 12.4 Å². The van der Waals surface area contributed by atoms with Gasteiger partial charge in [0.05, 0.1) is 12.1 Å². The van der Waals surface area contributed by atoms with Crippen LogP contribution in [0.4, 0.5) is 10.1 Å². The Morgan fingerprint density at radius 3 is 2.83 bits per heavy atom. The van der Waals surface area contributed by atoms with Crippen molar-refractivity contribution in [3.8, 4) is 5.75 Å². The van der Waals surface area contributed by atoms with Crippen LogP contribution < -0.4 is 10.1 Å². The van der Waals surface area contributed by atoms with Crippen LogP contribution in [0.2, 0.25) is 5.02 Å². The van der Waals surface area contributed by atoms with E-state index in [4.69, 9.17) is 16.3 Å². The Labute approximate surface area is 137 Å². The molecule has 0 unspecified atom stereocenters. The Balaban J connectivity index is 1.75. The molecule has 0 spiro atoms. The van der Waals surface area contributed by atoms with Gasteiger partial charge in [-0.1, -0.05) is 11.6 Å². The molecule has 1 aromatic heterocycles. The number of amides is 1. The third-order valence-electron chi connectivity index (χ3n) is 3.48. The second-order valence-corrected chi connectivity index (χ2v) is 5.45. The number of carbonyl (C=O) groups excluding carboxylic acids is 1. The van der Waals surface area contributed by atoms with E-state index in [0.717, 1.165) is 10.9 Å². The fourth-order valence-electron chi connectivity index (χ4n) is 2.41. The lowest BCUT2D eigenvalue weighted by Gasteiger charge is -2.09. The van der Waals surface area contributed by atoms with Gasteiger partial charge >= 0.3 is 0 Å². The summed E-state index contributed by atoms with van der Waals surface area (Å²) >= 11 is 6.03. The van der Waals surface area contributed by atoms with Gasteiger partial charge in [0, 0.05) is 22.8 Å². The Morgan fingerprint density at radius 2 is 2.09 bits per heavy atom. The van der Waals surface area contributed by atoms with Gasteiger partial charge in [0.15, 0.2) is 0 Å². The number of hydrogen-bond donors (Lipinski definition) is 1. The molecule has 0 atom stereocenters. The van der Waals surface area contributed by atoms with Gasteiger partial charge < -0.3 is 14.6 Å². The van der Waals surface area contributed by atoms with Crippen molar-refractivity contribution in [1.29, 1.82) is 0 Å². The Bertz CT molecular complexity index is 876. The van der Waals surface area contributed by atoms with E-state index in [1.807, 2.05) is 0 Å². The third-order valence-corrected chi connectivity index (χ3v) is 3.78. The molecule has 2 aromatic carbocycles. The van der Waals surface area contributed by atoms with Crippen LogP contribution in [0.25, 0.3) is 10.9 Å². The van der Waals surface area contributed by atoms with E-state index in [-0.39, 0.29) is 18.3 Å². The summed E-state index contributed by atoms with van der Waals surface area (Å²) in [6, 6.07) is 11.3. The van der Waals surface area contributed by atoms with Crippen LogP contribution in [0.5, 0.6) is 5.75 Å². The fourth-order valence-corrected chi connectivity index (χ4v) is 2.67. The molecule has 0 aliphatic carbocycles. The first-order valence-electron chi connectivity index (χ1n) is 6.94. The van der Waals surface area contributed by atoms with E-state index < -0.39 is 0 Å². The van der Waals surface area contributed by atoms with Crippen LogP contribution in [0.1, 0.15) is 0 Å². The lowest BCUT2D eigenvalue weighted by Crippen LogP contribution is -2.18. The standard InChI is InChI=1S/C17H14ClFN2O2/c1-23-16-5-3-13(9-14(16)18)20-17(22)10-21-7-6-11-8-12(19)2-4-15(11)21/h2-9H,10H2,1H3,(H,20,22). The summed E-state index contributed by atoms with van der Waals surface area (Å²) in [6.45, 7) is 0.124. The normalized spacial score (nSPS) is 10.7. The van der Waals surface area contributed by atoms with Gasteiger partial charge in [-0.2, -0.15) is 0 Å². The number of aromatic nitrogens is 1. The van der Waals surface area contributed by atoms with E-state index in [0.29, 0.717) is 16.5 Å². The minimum Gasteiger partial charge on any atom is -0.495 e. The van der Waals surface area contributed by atoms with Crippen molar-refractivity contribution in [3.63, 3.8) is 0 Å². The maximum Gasteiger partial charge on any atom is 0.244 e. The van der Waals surface area contributed by atoms with E-state index in [2.05, 4.69) is 5.32 Å². The molecule has 3 aromatic rings. The number of halogens is 2. The molecule has 4 nitrogen and oxygen atoms in total. The van der Waals surface area contributed by atoms with Gasteiger partial charge in [-0.3, -0.25) is 4.79 Å². The van der Waals surface area contributed by atoms with E-state index >= 15 is 0 Å².